The van der Waals surface area contributed by atoms with E-state index in [0.717, 1.165) is 24.8 Å². The topological polar surface area (TPSA) is 75.3 Å². The van der Waals surface area contributed by atoms with Gasteiger partial charge >= 0.3 is 0 Å². The van der Waals surface area contributed by atoms with E-state index in [9.17, 15) is 13.2 Å². The molecule has 26 heavy (non-hydrogen) atoms. The molecule has 0 aromatic heterocycles. The second-order valence-electron chi connectivity index (χ2n) is 8.09. The highest BCUT2D eigenvalue weighted by atomic mass is 32.2. The lowest BCUT2D eigenvalue weighted by atomic mass is 9.87. The lowest BCUT2D eigenvalue weighted by Crippen LogP contribution is -2.50. The highest BCUT2D eigenvalue weighted by Gasteiger charge is 2.29. The summed E-state index contributed by atoms with van der Waals surface area (Å²) in [6, 6.07) is 6.06. The SMILES string of the molecule is Cc1ccc(S(=O)(=O)NC(CC(C)C)C(=O)NC2CCCC(C)C2)cc1. The molecule has 0 heterocycles. The van der Waals surface area contributed by atoms with E-state index < -0.39 is 16.1 Å². The van der Waals surface area contributed by atoms with Gasteiger partial charge in [-0.05, 0) is 50.2 Å². The van der Waals surface area contributed by atoms with E-state index in [-0.39, 0.29) is 22.8 Å². The number of benzene rings is 1. The molecule has 0 aliphatic heterocycles. The fourth-order valence-electron chi connectivity index (χ4n) is 3.52. The second-order valence-corrected chi connectivity index (χ2v) is 9.81. The molecule has 1 amide bonds. The first kappa shape index (κ1) is 20.9. The smallest absolute Gasteiger partial charge is 0.241 e. The van der Waals surface area contributed by atoms with Crippen LogP contribution in [0.1, 0.15) is 58.4 Å². The molecule has 1 aliphatic rings. The van der Waals surface area contributed by atoms with Crippen LogP contribution < -0.4 is 10.0 Å². The Morgan fingerprint density at radius 1 is 1.19 bits per heavy atom. The molecule has 1 aliphatic carbocycles. The zero-order chi connectivity index (χ0) is 19.3. The van der Waals surface area contributed by atoms with Gasteiger partial charge in [0, 0.05) is 6.04 Å². The van der Waals surface area contributed by atoms with Crippen LogP contribution in [0.5, 0.6) is 0 Å². The molecule has 3 unspecified atom stereocenters. The molecule has 1 aromatic rings. The van der Waals surface area contributed by atoms with Crippen molar-refractivity contribution in [1.29, 1.82) is 0 Å². The molecular formula is C20H32N2O3S. The number of carbonyl (C=O) groups excluding carboxylic acids is 1. The number of aryl methyl sites for hydroxylation is 1. The molecule has 3 atom stereocenters. The Morgan fingerprint density at radius 2 is 1.85 bits per heavy atom. The van der Waals surface area contributed by atoms with Crippen molar-refractivity contribution in [3.05, 3.63) is 29.8 Å². The standard InChI is InChI=1S/C20H32N2O3S/c1-14(2)12-19(20(23)21-17-7-5-6-16(4)13-17)22-26(24,25)18-10-8-15(3)9-11-18/h8-11,14,16-17,19,22H,5-7,12-13H2,1-4H3,(H,21,23). The normalized spacial score (nSPS) is 22.2. The second kappa shape index (κ2) is 9.00. The third-order valence-corrected chi connectivity index (χ3v) is 6.42. The van der Waals surface area contributed by atoms with Crippen molar-refractivity contribution in [2.45, 2.75) is 76.8 Å². The largest absolute Gasteiger partial charge is 0.352 e. The van der Waals surface area contributed by atoms with Crippen LogP contribution >= 0.6 is 0 Å². The zero-order valence-electron chi connectivity index (χ0n) is 16.3. The van der Waals surface area contributed by atoms with Crippen molar-refractivity contribution in [3.8, 4) is 0 Å². The molecule has 5 nitrogen and oxygen atoms in total. The lowest BCUT2D eigenvalue weighted by molar-refractivity contribution is -0.124. The summed E-state index contributed by atoms with van der Waals surface area (Å²) in [4.78, 5) is 13.0. The van der Waals surface area contributed by atoms with E-state index >= 15 is 0 Å². The van der Waals surface area contributed by atoms with Gasteiger partial charge in [0.05, 0.1) is 4.90 Å². The van der Waals surface area contributed by atoms with Crippen LogP contribution in [0.15, 0.2) is 29.2 Å². The maximum atomic E-state index is 12.8. The Balaban J connectivity index is 2.10. The minimum Gasteiger partial charge on any atom is -0.352 e. The monoisotopic (exact) mass is 380 g/mol. The zero-order valence-corrected chi connectivity index (χ0v) is 17.1. The Labute approximate surface area is 158 Å². The van der Waals surface area contributed by atoms with Gasteiger partial charge in [-0.25, -0.2) is 8.42 Å². The average Bonchev–Trinajstić information content (AvgIpc) is 2.54. The van der Waals surface area contributed by atoms with E-state index in [1.165, 1.54) is 6.42 Å². The number of sulfonamides is 1. The van der Waals surface area contributed by atoms with Gasteiger partial charge in [-0.3, -0.25) is 4.79 Å². The minimum absolute atomic E-state index is 0.143. The van der Waals surface area contributed by atoms with Crippen molar-refractivity contribution in [2.75, 3.05) is 0 Å². The molecule has 0 spiro atoms. The molecular weight excluding hydrogens is 348 g/mol. The van der Waals surface area contributed by atoms with E-state index in [1.54, 1.807) is 24.3 Å². The van der Waals surface area contributed by atoms with Gasteiger partial charge in [0.1, 0.15) is 6.04 Å². The number of rotatable bonds is 7. The molecule has 0 bridgehead atoms. The summed E-state index contributed by atoms with van der Waals surface area (Å²) in [6.07, 6.45) is 4.71. The predicted octanol–water partition coefficient (Wildman–Crippen LogP) is 3.38. The van der Waals surface area contributed by atoms with Gasteiger partial charge in [-0.2, -0.15) is 4.72 Å². The van der Waals surface area contributed by atoms with Gasteiger partial charge in [0.2, 0.25) is 15.9 Å². The van der Waals surface area contributed by atoms with Gasteiger partial charge in [-0.15, -0.1) is 0 Å². The van der Waals surface area contributed by atoms with Crippen LogP contribution in [-0.2, 0) is 14.8 Å². The van der Waals surface area contributed by atoms with Crippen molar-refractivity contribution < 1.29 is 13.2 Å². The molecule has 1 aromatic carbocycles. The Kier molecular flexibility index (Phi) is 7.24. The van der Waals surface area contributed by atoms with Gasteiger partial charge < -0.3 is 5.32 Å². The summed E-state index contributed by atoms with van der Waals surface area (Å²) in [6.45, 7) is 8.08. The van der Waals surface area contributed by atoms with Crippen LogP contribution in [0.2, 0.25) is 0 Å². The number of hydrogen-bond donors (Lipinski definition) is 2. The number of hydrogen-bond acceptors (Lipinski definition) is 3. The Hall–Kier alpha value is -1.40. The quantitative estimate of drug-likeness (QED) is 0.761. The van der Waals surface area contributed by atoms with E-state index in [0.29, 0.717) is 12.3 Å². The Morgan fingerprint density at radius 3 is 2.42 bits per heavy atom. The average molecular weight is 381 g/mol. The van der Waals surface area contributed by atoms with E-state index in [4.69, 9.17) is 0 Å². The summed E-state index contributed by atoms with van der Waals surface area (Å²) in [5.74, 6) is 0.590. The van der Waals surface area contributed by atoms with Crippen LogP contribution in [0.3, 0.4) is 0 Å². The molecule has 146 valence electrons. The van der Waals surface area contributed by atoms with Crippen LogP contribution in [0.25, 0.3) is 0 Å². The molecule has 0 saturated heterocycles. The van der Waals surface area contributed by atoms with E-state index in [2.05, 4.69) is 17.0 Å². The predicted molar refractivity (Wildman–Crippen MR) is 104 cm³/mol. The van der Waals surface area contributed by atoms with Gasteiger partial charge in [0.15, 0.2) is 0 Å². The maximum absolute atomic E-state index is 12.8. The fraction of sp³-hybridized carbons (Fsp3) is 0.650. The van der Waals surface area contributed by atoms with Crippen molar-refractivity contribution in [3.63, 3.8) is 0 Å². The van der Waals surface area contributed by atoms with Crippen molar-refractivity contribution in [1.82, 2.24) is 10.0 Å². The fourth-order valence-corrected chi connectivity index (χ4v) is 4.73. The summed E-state index contributed by atoms with van der Waals surface area (Å²) in [5, 5.41) is 3.07. The summed E-state index contributed by atoms with van der Waals surface area (Å²) < 4.78 is 28.0. The summed E-state index contributed by atoms with van der Waals surface area (Å²) in [5.41, 5.74) is 0.992. The third-order valence-electron chi connectivity index (χ3n) is 4.94. The van der Waals surface area contributed by atoms with Gasteiger partial charge in [0.25, 0.3) is 0 Å². The molecule has 0 radical (unpaired) electrons. The maximum Gasteiger partial charge on any atom is 0.241 e. The first-order valence-electron chi connectivity index (χ1n) is 9.56. The summed E-state index contributed by atoms with van der Waals surface area (Å²) >= 11 is 0. The highest BCUT2D eigenvalue weighted by Crippen LogP contribution is 2.24. The number of amides is 1. The van der Waals surface area contributed by atoms with Crippen LogP contribution in [0, 0.1) is 18.8 Å². The highest BCUT2D eigenvalue weighted by molar-refractivity contribution is 7.89. The molecule has 2 rings (SSSR count). The molecule has 2 N–H and O–H groups in total. The molecule has 1 fully saturated rings. The van der Waals surface area contributed by atoms with Crippen LogP contribution in [0.4, 0.5) is 0 Å². The van der Waals surface area contributed by atoms with Crippen LogP contribution in [-0.4, -0.2) is 26.4 Å². The lowest BCUT2D eigenvalue weighted by Gasteiger charge is -2.29. The van der Waals surface area contributed by atoms with Crippen molar-refractivity contribution >= 4 is 15.9 Å². The first-order chi connectivity index (χ1) is 12.2. The minimum atomic E-state index is -3.73. The number of carbonyl (C=O) groups is 1. The molecule has 6 heteroatoms. The third kappa shape index (κ3) is 6.09. The first-order valence-corrected chi connectivity index (χ1v) is 11.0. The van der Waals surface area contributed by atoms with Crippen molar-refractivity contribution in [2.24, 2.45) is 11.8 Å². The summed E-state index contributed by atoms with van der Waals surface area (Å²) in [7, 11) is -3.73. The van der Waals surface area contributed by atoms with E-state index in [1.807, 2.05) is 20.8 Å². The molecule has 1 saturated carbocycles. The Bertz CT molecular complexity index is 698. The number of nitrogens with one attached hydrogen (secondary N) is 2. The van der Waals surface area contributed by atoms with Gasteiger partial charge in [-0.1, -0.05) is 51.3 Å².